The van der Waals surface area contributed by atoms with Gasteiger partial charge in [-0.2, -0.15) is 9.40 Å². The smallest absolute Gasteiger partial charge is 0.325 e. The Labute approximate surface area is 237 Å². The summed E-state index contributed by atoms with van der Waals surface area (Å²) in [5, 5.41) is 17.2. The lowest BCUT2D eigenvalue weighted by Crippen LogP contribution is -2.55. The largest absolute Gasteiger partial charge is 0.480 e. The van der Waals surface area contributed by atoms with Gasteiger partial charge in [0, 0.05) is 32.1 Å². The molecule has 0 radical (unpaired) electrons. The van der Waals surface area contributed by atoms with E-state index in [0.717, 1.165) is 21.0 Å². The lowest BCUT2D eigenvalue weighted by atomic mass is 9.99. The maximum atomic E-state index is 14.4. The minimum Gasteiger partial charge on any atom is -0.480 e. The highest BCUT2D eigenvalue weighted by molar-refractivity contribution is 7.92. The molecule has 2 N–H and O–H groups in total. The van der Waals surface area contributed by atoms with Gasteiger partial charge in [-0.15, -0.1) is 0 Å². The standard InChI is InChI=1S/C29H29ClN4O5S/c1-31-26(35)24-19-32-33(20-24)16-17-34(29(27(36)37)18-25(29)23-10-6-3-7-11-23)40(38,39)28(30)14-12-22(13-15-28)21-8-4-2-5-9-21/h2-14,19-20,25H,15-18H2,1H3,(H,31,35)(H,36,37)/t25-,28?,29+/m0/s1. The molecule has 2 aromatic carbocycles. The first-order valence-electron chi connectivity index (χ1n) is 12.8. The summed E-state index contributed by atoms with van der Waals surface area (Å²) in [7, 11) is -2.93. The maximum Gasteiger partial charge on any atom is 0.325 e. The van der Waals surface area contributed by atoms with Crippen molar-refractivity contribution in [2.45, 2.75) is 35.0 Å². The van der Waals surface area contributed by atoms with E-state index >= 15 is 0 Å². The Balaban J connectivity index is 1.50. The van der Waals surface area contributed by atoms with E-state index in [9.17, 15) is 23.1 Å². The van der Waals surface area contributed by atoms with Crippen molar-refractivity contribution in [1.82, 2.24) is 19.4 Å². The van der Waals surface area contributed by atoms with Gasteiger partial charge in [-0.25, -0.2) is 8.42 Å². The Kier molecular flexibility index (Phi) is 7.43. The first-order valence-corrected chi connectivity index (χ1v) is 14.6. The molecular weight excluding hydrogens is 552 g/mol. The second kappa shape index (κ2) is 10.7. The number of sulfonamides is 1. The molecule has 1 aromatic heterocycles. The van der Waals surface area contributed by atoms with E-state index < -0.39 is 31.7 Å². The lowest BCUT2D eigenvalue weighted by molar-refractivity contribution is -0.143. The molecule has 0 spiro atoms. The van der Waals surface area contributed by atoms with Crippen molar-refractivity contribution in [3.63, 3.8) is 0 Å². The number of carbonyl (C=O) groups excluding carboxylic acids is 1. The number of alkyl halides is 1. The normalized spacial score (nSPS) is 24.0. The van der Waals surface area contributed by atoms with E-state index in [1.807, 2.05) is 36.4 Å². The Morgan fingerprint density at radius 3 is 2.42 bits per heavy atom. The van der Waals surface area contributed by atoms with Crippen LogP contribution in [-0.4, -0.2) is 62.8 Å². The van der Waals surface area contributed by atoms with Crippen molar-refractivity contribution in [3.05, 3.63) is 108 Å². The van der Waals surface area contributed by atoms with Crippen molar-refractivity contribution in [3.8, 4) is 0 Å². The van der Waals surface area contributed by atoms with Crippen molar-refractivity contribution in [2.75, 3.05) is 13.6 Å². The molecule has 1 unspecified atom stereocenters. The van der Waals surface area contributed by atoms with Crippen LogP contribution in [0.15, 0.2) is 91.3 Å². The molecule has 2 aliphatic carbocycles. The number of rotatable bonds is 10. The van der Waals surface area contributed by atoms with Crippen LogP contribution in [-0.2, 0) is 21.4 Å². The van der Waals surface area contributed by atoms with Crippen LogP contribution in [0.1, 0.15) is 40.2 Å². The van der Waals surface area contributed by atoms with Gasteiger partial charge in [0.2, 0.25) is 10.0 Å². The van der Waals surface area contributed by atoms with Crippen LogP contribution in [0.3, 0.4) is 0 Å². The predicted octanol–water partition coefficient (Wildman–Crippen LogP) is 3.86. The number of aliphatic carboxylic acids is 1. The van der Waals surface area contributed by atoms with Gasteiger partial charge in [-0.3, -0.25) is 14.3 Å². The number of nitrogens with one attached hydrogen (secondary N) is 1. The van der Waals surface area contributed by atoms with Crippen LogP contribution in [0, 0.1) is 0 Å². The average molecular weight is 581 g/mol. The molecule has 0 saturated heterocycles. The van der Waals surface area contributed by atoms with Gasteiger partial charge >= 0.3 is 5.97 Å². The van der Waals surface area contributed by atoms with Gasteiger partial charge in [0.05, 0.1) is 18.3 Å². The second-order valence-corrected chi connectivity index (χ2v) is 12.9. The lowest BCUT2D eigenvalue weighted by Gasteiger charge is -2.36. The SMILES string of the molecule is CNC(=O)c1cnn(CCN([C@]2(C(=O)O)C[C@H]2c2ccccc2)S(=O)(=O)C2(Cl)C=CC(c3ccccc3)=CC2)c1. The van der Waals surface area contributed by atoms with Gasteiger partial charge in [-0.1, -0.05) is 84.4 Å². The summed E-state index contributed by atoms with van der Waals surface area (Å²) in [6, 6.07) is 18.5. The molecular formula is C29H29ClN4O5S. The van der Waals surface area contributed by atoms with Crippen LogP contribution < -0.4 is 5.32 Å². The molecule has 1 heterocycles. The summed E-state index contributed by atoms with van der Waals surface area (Å²) in [5.74, 6) is -2.13. The van der Waals surface area contributed by atoms with Crippen molar-refractivity contribution in [2.24, 2.45) is 0 Å². The van der Waals surface area contributed by atoms with Gasteiger partial charge in [0.25, 0.3) is 5.91 Å². The Bertz CT molecular complexity index is 1590. The molecule has 3 atom stereocenters. The molecule has 9 nitrogen and oxygen atoms in total. The zero-order valence-electron chi connectivity index (χ0n) is 21.8. The number of hydrogen-bond acceptors (Lipinski definition) is 5. The molecule has 208 valence electrons. The predicted molar refractivity (Wildman–Crippen MR) is 152 cm³/mol. The number of hydrogen-bond donors (Lipinski definition) is 2. The third-order valence-corrected chi connectivity index (χ3v) is 10.7. The van der Waals surface area contributed by atoms with Crippen LogP contribution in [0.4, 0.5) is 0 Å². The first-order chi connectivity index (χ1) is 19.1. The van der Waals surface area contributed by atoms with Crippen LogP contribution in [0.5, 0.6) is 0 Å². The van der Waals surface area contributed by atoms with Crippen LogP contribution in [0.25, 0.3) is 5.57 Å². The number of carboxylic acid groups (broad SMARTS) is 1. The summed E-state index contributed by atoms with van der Waals surface area (Å²) >= 11 is 6.86. The van der Waals surface area contributed by atoms with Crippen molar-refractivity contribution < 1.29 is 23.1 Å². The third-order valence-electron chi connectivity index (χ3n) is 7.54. The molecule has 11 heteroatoms. The van der Waals surface area contributed by atoms with E-state index in [-0.39, 0.29) is 31.8 Å². The number of amides is 1. The van der Waals surface area contributed by atoms with Crippen LogP contribution in [0.2, 0.25) is 0 Å². The highest BCUT2D eigenvalue weighted by Gasteiger charge is 2.69. The molecule has 0 bridgehead atoms. The fraction of sp³-hybridized carbons (Fsp3) is 0.276. The fourth-order valence-corrected chi connectivity index (χ4v) is 7.56. The molecule has 3 aromatic rings. The van der Waals surface area contributed by atoms with Crippen LogP contribution >= 0.6 is 11.6 Å². The zero-order chi connectivity index (χ0) is 28.5. The number of nitrogens with zero attached hydrogens (tertiary/aromatic N) is 3. The molecule has 2 aliphatic rings. The fourth-order valence-electron chi connectivity index (χ4n) is 5.24. The molecule has 0 aliphatic heterocycles. The first kappa shape index (κ1) is 27.8. The molecule has 1 fully saturated rings. The Morgan fingerprint density at radius 1 is 1.15 bits per heavy atom. The van der Waals surface area contributed by atoms with E-state index in [2.05, 4.69) is 10.4 Å². The summed E-state index contributed by atoms with van der Waals surface area (Å²) in [6.45, 7) is -0.182. The molecule has 1 amide bonds. The number of halogens is 1. The van der Waals surface area contributed by atoms with E-state index in [4.69, 9.17) is 11.6 Å². The quantitative estimate of drug-likeness (QED) is 0.351. The molecule has 5 rings (SSSR count). The summed E-state index contributed by atoms with van der Waals surface area (Å²) in [6.07, 6.45) is 7.79. The Morgan fingerprint density at radius 2 is 1.82 bits per heavy atom. The monoisotopic (exact) mass is 580 g/mol. The number of carboxylic acids is 1. The van der Waals surface area contributed by atoms with Crippen molar-refractivity contribution in [1.29, 1.82) is 0 Å². The molecule has 40 heavy (non-hydrogen) atoms. The van der Waals surface area contributed by atoms with E-state index in [1.54, 1.807) is 36.4 Å². The summed E-state index contributed by atoms with van der Waals surface area (Å²) < 4.78 is 29.3. The minimum atomic E-state index is -4.43. The minimum absolute atomic E-state index is 0.0224. The van der Waals surface area contributed by atoms with Crippen molar-refractivity contribution >= 4 is 39.1 Å². The highest BCUT2D eigenvalue weighted by Crippen LogP contribution is 2.58. The van der Waals surface area contributed by atoms with E-state index in [0.29, 0.717) is 5.56 Å². The Hall–Kier alpha value is -3.73. The van der Waals surface area contributed by atoms with Gasteiger partial charge in [0.15, 0.2) is 4.21 Å². The molecule has 1 saturated carbocycles. The number of benzene rings is 2. The topological polar surface area (TPSA) is 122 Å². The average Bonchev–Trinajstić information content (AvgIpc) is 3.55. The maximum absolute atomic E-state index is 14.4. The third kappa shape index (κ3) is 4.87. The van der Waals surface area contributed by atoms with E-state index in [1.165, 1.54) is 30.2 Å². The second-order valence-electron chi connectivity index (χ2n) is 9.89. The number of aromatic nitrogens is 2. The number of carbonyl (C=O) groups is 2. The number of allylic oxidation sites excluding steroid dienone is 3. The van der Waals surface area contributed by atoms with Gasteiger partial charge in [-0.05, 0) is 29.2 Å². The van der Waals surface area contributed by atoms with Gasteiger partial charge < -0.3 is 10.4 Å². The summed E-state index contributed by atoms with van der Waals surface area (Å²) in [5.41, 5.74) is 1.08. The highest BCUT2D eigenvalue weighted by atomic mass is 35.5. The van der Waals surface area contributed by atoms with Gasteiger partial charge in [0.1, 0.15) is 5.54 Å². The zero-order valence-corrected chi connectivity index (χ0v) is 23.3. The summed E-state index contributed by atoms with van der Waals surface area (Å²) in [4.78, 5) is 24.9.